The number of carboxylic acids is 1. The molecule has 114 valence electrons. The molecule has 1 heterocycles. The standard InChI is InChI=1S/C16H21BrN2O2/c1-3-18-8-9-19(11-12(18)2)15-10-14(17)6-4-13(15)5-7-16(20)21/h4-7,10,12H,3,8-9,11H2,1-2H3,(H,20,21). The highest BCUT2D eigenvalue weighted by Gasteiger charge is 2.23. The smallest absolute Gasteiger partial charge is 0.328 e. The summed E-state index contributed by atoms with van der Waals surface area (Å²) in [4.78, 5) is 15.5. The Balaban J connectivity index is 2.26. The fourth-order valence-corrected chi connectivity index (χ4v) is 3.13. The van der Waals surface area contributed by atoms with Crippen molar-refractivity contribution in [2.24, 2.45) is 0 Å². The van der Waals surface area contributed by atoms with Crippen molar-refractivity contribution >= 4 is 33.7 Å². The summed E-state index contributed by atoms with van der Waals surface area (Å²) in [6.45, 7) is 8.44. The van der Waals surface area contributed by atoms with Crippen molar-refractivity contribution in [1.82, 2.24) is 4.90 Å². The molecule has 0 radical (unpaired) electrons. The first-order valence-electron chi connectivity index (χ1n) is 7.20. The van der Waals surface area contributed by atoms with Crippen molar-refractivity contribution in [2.45, 2.75) is 19.9 Å². The van der Waals surface area contributed by atoms with Gasteiger partial charge in [-0.15, -0.1) is 0 Å². The molecule has 5 heteroatoms. The molecule has 1 aliphatic heterocycles. The summed E-state index contributed by atoms with van der Waals surface area (Å²) < 4.78 is 1.01. The molecule has 0 bridgehead atoms. The first kappa shape index (κ1) is 16.0. The monoisotopic (exact) mass is 352 g/mol. The molecule has 1 N–H and O–H groups in total. The van der Waals surface area contributed by atoms with Gasteiger partial charge in [-0.2, -0.15) is 0 Å². The largest absolute Gasteiger partial charge is 0.478 e. The molecule has 1 aliphatic rings. The van der Waals surface area contributed by atoms with Gasteiger partial charge in [0.2, 0.25) is 0 Å². The fraction of sp³-hybridized carbons (Fsp3) is 0.438. The van der Waals surface area contributed by atoms with E-state index < -0.39 is 5.97 Å². The number of benzene rings is 1. The molecule has 0 saturated carbocycles. The van der Waals surface area contributed by atoms with E-state index in [9.17, 15) is 4.79 Å². The van der Waals surface area contributed by atoms with Gasteiger partial charge in [-0.1, -0.05) is 28.9 Å². The van der Waals surface area contributed by atoms with E-state index in [4.69, 9.17) is 5.11 Å². The van der Waals surface area contributed by atoms with E-state index in [0.29, 0.717) is 6.04 Å². The lowest BCUT2D eigenvalue weighted by Gasteiger charge is -2.41. The minimum atomic E-state index is -0.923. The number of likely N-dealkylation sites (N-methyl/N-ethyl adjacent to an activating group) is 1. The van der Waals surface area contributed by atoms with Crippen LogP contribution >= 0.6 is 15.9 Å². The van der Waals surface area contributed by atoms with Gasteiger partial charge in [-0.3, -0.25) is 4.90 Å². The molecule has 2 rings (SSSR count). The van der Waals surface area contributed by atoms with Crippen LogP contribution in [0.15, 0.2) is 28.7 Å². The van der Waals surface area contributed by atoms with E-state index in [1.807, 2.05) is 12.1 Å². The number of carboxylic acid groups (broad SMARTS) is 1. The van der Waals surface area contributed by atoms with Gasteiger partial charge in [0, 0.05) is 41.9 Å². The molecule has 4 nitrogen and oxygen atoms in total. The SMILES string of the molecule is CCN1CCN(c2cc(Br)ccc2C=CC(=O)O)CC1C. The summed E-state index contributed by atoms with van der Waals surface area (Å²) in [5.74, 6) is -0.923. The number of halogens is 1. The zero-order chi connectivity index (χ0) is 15.4. The van der Waals surface area contributed by atoms with Crippen LogP contribution in [-0.4, -0.2) is 48.2 Å². The van der Waals surface area contributed by atoms with Crippen molar-refractivity contribution < 1.29 is 9.90 Å². The average molecular weight is 353 g/mol. The first-order chi connectivity index (χ1) is 10.0. The van der Waals surface area contributed by atoms with Crippen LogP contribution < -0.4 is 4.90 Å². The predicted octanol–water partition coefficient (Wildman–Crippen LogP) is 3.08. The number of hydrogen-bond acceptors (Lipinski definition) is 3. The van der Waals surface area contributed by atoms with Crippen LogP contribution in [0.1, 0.15) is 19.4 Å². The van der Waals surface area contributed by atoms with Gasteiger partial charge in [0.25, 0.3) is 0 Å². The molecule has 21 heavy (non-hydrogen) atoms. The van der Waals surface area contributed by atoms with Crippen LogP contribution in [0.25, 0.3) is 6.08 Å². The Morgan fingerprint density at radius 2 is 2.24 bits per heavy atom. The molecule has 1 aromatic rings. The third-order valence-electron chi connectivity index (χ3n) is 3.91. The maximum absolute atomic E-state index is 10.7. The highest BCUT2D eigenvalue weighted by Crippen LogP contribution is 2.28. The van der Waals surface area contributed by atoms with Crippen LogP contribution in [0.3, 0.4) is 0 Å². The zero-order valence-corrected chi connectivity index (χ0v) is 14.0. The van der Waals surface area contributed by atoms with E-state index in [-0.39, 0.29) is 0 Å². The molecule has 0 aromatic heterocycles. The number of piperazine rings is 1. The number of aliphatic carboxylic acids is 1. The van der Waals surface area contributed by atoms with E-state index in [1.165, 1.54) is 6.08 Å². The topological polar surface area (TPSA) is 43.8 Å². The van der Waals surface area contributed by atoms with Gasteiger partial charge in [-0.05, 0) is 37.2 Å². The Hall–Kier alpha value is -1.33. The van der Waals surface area contributed by atoms with Crippen molar-refractivity contribution in [2.75, 3.05) is 31.1 Å². The van der Waals surface area contributed by atoms with Crippen LogP contribution in [0.4, 0.5) is 5.69 Å². The quantitative estimate of drug-likeness (QED) is 0.845. The minimum Gasteiger partial charge on any atom is -0.478 e. The zero-order valence-electron chi connectivity index (χ0n) is 12.4. The Morgan fingerprint density at radius 1 is 1.48 bits per heavy atom. The maximum atomic E-state index is 10.7. The lowest BCUT2D eigenvalue weighted by atomic mass is 10.1. The van der Waals surface area contributed by atoms with Crippen LogP contribution in [0.2, 0.25) is 0 Å². The second kappa shape index (κ2) is 7.09. The van der Waals surface area contributed by atoms with Crippen LogP contribution in [-0.2, 0) is 4.79 Å². The fourth-order valence-electron chi connectivity index (χ4n) is 2.78. The number of hydrogen-bond donors (Lipinski definition) is 1. The lowest BCUT2D eigenvalue weighted by Crippen LogP contribution is -2.51. The third kappa shape index (κ3) is 4.08. The van der Waals surface area contributed by atoms with Crippen molar-refractivity contribution in [3.05, 3.63) is 34.3 Å². The summed E-state index contributed by atoms with van der Waals surface area (Å²) in [6.07, 6.45) is 2.86. The van der Waals surface area contributed by atoms with Gasteiger partial charge >= 0.3 is 5.97 Å². The van der Waals surface area contributed by atoms with Gasteiger partial charge in [0.15, 0.2) is 0 Å². The van der Waals surface area contributed by atoms with Gasteiger partial charge in [0.05, 0.1) is 0 Å². The van der Waals surface area contributed by atoms with E-state index >= 15 is 0 Å². The summed E-state index contributed by atoms with van der Waals surface area (Å²) >= 11 is 3.51. The second-order valence-corrected chi connectivity index (χ2v) is 6.21. The Labute approximate surface area is 134 Å². The van der Waals surface area contributed by atoms with Gasteiger partial charge < -0.3 is 10.0 Å². The average Bonchev–Trinajstić information content (AvgIpc) is 2.45. The van der Waals surface area contributed by atoms with Crippen molar-refractivity contribution in [3.63, 3.8) is 0 Å². The van der Waals surface area contributed by atoms with E-state index in [1.54, 1.807) is 6.08 Å². The van der Waals surface area contributed by atoms with Crippen molar-refractivity contribution in [3.8, 4) is 0 Å². The molecular formula is C16H21BrN2O2. The summed E-state index contributed by atoms with van der Waals surface area (Å²) in [5, 5.41) is 8.82. The number of nitrogens with zero attached hydrogens (tertiary/aromatic N) is 2. The summed E-state index contributed by atoms with van der Waals surface area (Å²) in [6, 6.07) is 6.46. The van der Waals surface area contributed by atoms with Crippen molar-refractivity contribution in [1.29, 1.82) is 0 Å². The van der Waals surface area contributed by atoms with Gasteiger partial charge in [-0.25, -0.2) is 4.79 Å². The van der Waals surface area contributed by atoms with E-state index in [2.05, 4.69) is 45.6 Å². The minimum absolute atomic E-state index is 0.499. The highest BCUT2D eigenvalue weighted by atomic mass is 79.9. The van der Waals surface area contributed by atoms with E-state index in [0.717, 1.165) is 41.9 Å². The third-order valence-corrected chi connectivity index (χ3v) is 4.40. The first-order valence-corrected chi connectivity index (χ1v) is 8.00. The molecule has 1 unspecified atom stereocenters. The highest BCUT2D eigenvalue weighted by molar-refractivity contribution is 9.10. The number of anilines is 1. The molecule has 1 fully saturated rings. The molecule has 1 atom stereocenters. The molecular weight excluding hydrogens is 332 g/mol. The summed E-state index contributed by atoms with van der Waals surface area (Å²) in [7, 11) is 0. The second-order valence-electron chi connectivity index (χ2n) is 5.30. The molecule has 0 spiro atoms. The lowest BCUT2D eigenvalue weighted by molar-refractivity contribution is -0.131. The molecule has 0 amide bonds. The normalized spacial score (nSPS) is 20.1. The number of carbonyl (C=O) groups is 1. The Morgan fingerprint density at radius 3 is 2.86 bits per heavy atom. The van der Waals surface area contributed by atoms with Crippen LogP contribution in [0.5, 0.6) is 0 Å². The number of rotatable bonds is 4. The van der Waals surface area contributed by atoms with Crippen LogP contribution in [0, 0.1) is 0 Å². The molecule has 0 aliphatic carbocycles. The molecule has 1 aromatic carbocycles. The predicted molar refractivity (Wildman–Crippen MR) is 89.7 cm³/mol. The molecule has 1 saturated heterocycles. The Bertz CT molecular complexity index is 545. The Kier molecular flexibility index (Phi) is 5.42. The summed E-state index contributed by atoms with van der Waals surface area (Å²) in [5.41, 5.74) is 2.03. The maximum Gasteiger partial charge on any atom is 0.328 e. The van der Waals surface area contributed by atoms with Gasteiger partial charge in [0.1, 0.15) is 0 Å².